The zero-order chi connectivity index (χ0) is 17.3. The van der Waals surface area contributed by atoms with Crippen LogP contribution < -0.4 is 0 Å². The van der Waals surface area contributed by atoms with Gasteiger partial charge in [-0.15, -0.1) is 0 Å². The Morgan fingerprint density at radius 2 is 2.00 bits per heavy atom. The molecule has 0 aliphatic carbocycles. The van der Waals surface area contributed by atoms with Gasteiger partial charge in [0.05, 0.1) is 23.9 Å². The lowest BCUT2D eigenvalue weighted by atomic mass is 10.1. The summed E-state index contributed by atoms with van der Waals surface area (Å²) in [5.74, 6) is -2.75. The Morgan fingerprint density at radius 1 is 1.21 bits per heavy atom. The summed E-state index contributed by atoms with van der Waals surface area (Å²) in [4.78, 5) is 28.1. The molecule has 7 heteroatoms. The van der Waals surface area contributed by atoms with E-state index in [0.29, 0.717) is 5.65 Å². The van der Waals surface area contributed by atoms with E-state index in [1.54, 1.807) is 6.92 Å². The van der Waals surface area contributed by atoms with Crippen LogP contribution in [0.25, 0.3) is 5.65 Å². The summed E-state index contributed by atoms with van der Waals surface area (Å²) in [7, 11) is 0. The molecule has 0 unspecified atom stereocenters. The van der Waals surface area contributed by atoms with E-state index in [-0.39, 0.29) is 23.4 Å². The first-order valence-electron chi connectivity index (χ1n) is 7.15. The molecule has 0 amide bonds. The zero-order valence-corrected chi connectivity index (χ0v) is 12.6. The molecular weight excluding hydrogens is 318 g/mol. The van der Waals surface area contributed by atoms with Crippen LogP contribution in [0.3, 0.4) is 0 Å². The second-order valence-electron chi connectivity index (χ2n) is 4.96. The van der Waals surface area contributed by atoms with Crippen molar-refractivity contribution in [1.29, 1.82) is 0 Å². The Hall–Kier alpha value is -3.09. The second-order valence-corrected chi connectivity index (χ2v) is 4.96. The fraction of sp³-hybridized carbons (Fsp3) is 0.118. The maximum atomic E-state index is 14.2. The van der Waals surface area contributed by atoms with E-state index < -0.39 is 23.4 Å². The number of pyridine rings is 1. The van der Waals surface area contributed by atoms with Crippen LogP contribution in [0.4, 0.5) is 8.78 Å². The van der Waals surface area contributed by atoms with Crippen LogP contribution in [0.15, 0.2) is 42.7 Å². The van der Waals surface area contributed by atoms with E-state index in [9.17, 15) is 18.4 Å². The number of ether oxygens (including phenoxy) is 1. The van der Waals surface area contributed by atoms with Crippen LogP contribution in [-0.2, 0) is 4.74 Å². The monoisotopic (exact) mass is 330 g/mol. The number of carbonyl (C=O) groups excluding carboxylic acids is 2. The Kier molecular flexibility index (Phi) is 4.07. The summed E-state index contributed by atoms with van der Waals surface area (Å²) >= 11 is 0. The molecule has 24 heavy (non-hydrogen) atoms. The smallest absolute Gasteiger partial charge is 0.338 e. The quantitative estimate of drug-likeness (QED) is 0.545. The average Bonchev–Trinajstić information content (AvgIpc) is 2.97. The van der Waals surface area contributed by atoms with Crippen molar-refractivity contribution in [2.24, 2.45) is 0 Å². The maximum Gasteiger partial charge on any atom is 0.338 e. The number of nitrogens with zero attached hydrogens (tertiary/aromatic N) is 2. The van der Waals surface area contributed by atoms with E-state index in [1.165, 1.54) is 34.9 Å². The minimum atomic E-state index is -0.864. The number of imidazole rings is 1. The van der Waals surface area contributed by atoms with E-state index in [0.717, 1.165) is 12.3 Å². The Balaban J connectivity index is 2.00. The molecule has 0 bridgehead atoms. The van der Waals surface area contributed by atoms with E-state index in [1.807, 2.05) is 0 Å². The van der Waals surface area contributed by atoms with Crippen LogP contribution in [0, 0.1) is 11.6 Å². The Bertz CT molecular complexity index is 950. The van der Waals surface area contributed by atoms with Gasteiger partial charge in [0.1, 0.15) is 23.0 Å². The minimum Gasteiger partial charge on any atom is -0.462 e. The van der Waals surface area contributed by atoms with Crippen molar-refractivity contribution < 1.29 is 23.1 Å². The largest absolute Gasteiger partial charge is 0.462 e. The number of ketones is 1. The predicted molar refractivity (Wildman–Crippen MR) is 80.9 cm³/mol. The third-order valence-corrected chi connectivity index (χ3v) is 3.43. The maximum absolute atomic E-state index is 14.2. The summed E-state index contributed by atoms with van der Waals surface area (Å²) in [6, 6.07) is 6.06. The highest BCUT2D eigenvalue weighted by atomic mass is 19.1. The topological polar surface area (TPSA) is 60.7 Å². The highest BCUT2D eigenvalue weighted by Crippen LogP contribution is 2.18. The standard InChI is InChI=1S/C17H12F2N2O3/c1-2-24-17(23)10-3-5-12(13(19)7-10)16(22)14-8-20-15-6-4-11(18)9-21(14)15/h3-9H,2H2,1H3. The highest BCUT2D eigenvalue weighted by molar-refractivity contribution is 6.08. The molecule has 2 aromatic heterocycles. The van der Waals surface area contributed by atoms with Gasteiger partial charge in [-0.05, 0) is 37.3 Å². The first kappa shape index (κ1) is 15.8. The van der Waals surface area contributed by atoms with Crippen molar-refractivity contribution in [3.8, 4) is 0 Å². The second kappa shape index (κ2) is 6.19. The molecule has 0 fully saturated rings. The van der Waals surface area contributed by atoms with Gasteiger partial charge in [0.2, 0.25) is 5.78 Å². The summed E-state index contributed by atoms with van der Waals surface area (Å²) in [5, 5.41) is 0. The first-order chi connectivity index (χ1) is 11.5. The van der Waals surface area contributed by atoms with Gasteiger partial charge < -0.3 is 4.74 Å². The van der Waals surface area contributed by atoms with Crippen LogP contribution in [-0.4, -0.2) is 27.7 Å². The number of esters is 1. The summed E-state index contributed by atoms with van der Waals surface area (Å²) in [5.41, 5.74) is 0.153. The molecule has 3 rings (SSSR count). The van der Waals surface area contributed by atoms with Crippen LogP contribution in [0.5, 0.6) is 0 Å². The number of hydrogen-bond acceptors (Lipinski definition) is 4. The predicted octanol–water partition coefficient (Wildman–Crippen LogP) is 3.02. The summed E-state index contributed by atoms with van der Waals surface area (Å²) in [6.45, 7) is 1.80. The molecule has 0 N–H and O–H groups in total. The molecule has 0 spiro atoms. The van der Waals surface area contributed by atoms with Crippen LogP contribution >= 0.6 is 0 Å². The molecule has 0 saturated carbocycles. The van der Waals surface area contributed by atoms with Crippen molar-refractivity contribution >= 4 is 17.4 Å². The van der Waals surface area contributed by atoms with Gasteiger partial charge in [-0.2, -0.15) is 0 Å². The van der Waals surface area contributed by atoms with Gasteiger partial charge in [-0.1, -0.05) is 0 Å². The Morgan fingerprint density at radius 3 is 2.71 bits per heavy atom. The minimum absolute atomic E-state index is 0.00934. The van der Waals surface area contributed by atoms with Gasteiger partial charge in [0.15, 0.2) is 0 Å². The van der Waals surface area contributed by atoms with Gasteiger partial charge in [0, 0.05) is 6.20 Å². The highest BCUT2D eigenvalue weighted by Gasteiger charge is 2.20. The lowest BCUT2D eigenvalue weighted by Gasteiger charge is -2.06. The number of rotatable bonds is 4. The van der Waals surface area contributed by atoms with E-state index in [4.69, 9.17) is 4.74 Å². The molecule has 0 radical (unpaired) electrons. The molecule has 5 nitrogen and oxygen atoms in total. The molecule has 0 aliphatic heterocycles. The van der Waals surface area contributed by atoms with Crippen LogP contribution in [0.1, 0.15) is 33.3 Å². The van der Waals surface area contributed by atoms with Gasteiger partial charge in [0.25, 0.3) is 0 Å². The van der Waals surface area contributed by atoms with Gasteiger partial charge in [-0.3, -0.25) is 9.20 Å². The average molecular weight is 330 g/mol. The van der Waals surface area contributed by atoms with Crippen LogP contribution in [0.2, 0.25) is 0 Å². The number of benzene rings is 1. The van der Waals surface area contributed by atoms with Crippen molar-refractivity contribution in [1.82, 2.24) is 9.38 Å². The zero-order valence-electron chi connectivity index (χ0n) is 12.6. The number of hydrogen-bond donors (Lipinski definition) is 0. The summed E-state index contributed by atoms with van der Waals surface area (Å²) in [6.07, 6.45) is 2.34. The molecule has 0 saturated heterocycles. The molecule has 0 atom stereocenters. The van der Waals surface area contributed by atoms with Gasteiger partial charge >= 0.3 is 5.97 Å². The van der Waals surface area contributed by atoms with E-state index in [2.05, 4.69) is 4.98 Å². The van der Waals surface area contributed by atoms with Crippen molar-refractivity contribution in [2.45, 2.75) is 6.92 Å². The fourth-order valence-electron chi connectivity index (χ4n) is 2.30. The summed E-state index contributed by atoms with van der Waals surface area (Å²) < 4.78 is 33.6. The van der Waals surface area contributed by atoms with E-state index >= 15 is 0 Å². The third kappa shape index (κ3) is 2.76. The number of aromatic nitrogens is 2. The fourth-order valence-corrected chi connectivity index (χ4v) is 2.30. The first-order valence-corrected chi connectivity index (χ1v) is 7.15. The number of fused-ring (bicyclic) bond motifs is 1. The third-order valence-electron chi connectivity index (χ3n) is 3.43. The SMILES string of the molecule is CCOC(=O)c1ccc(C(=O)c2cnc3ccc(F)cn23)c(F)c1. The normalized spacial score (nSPS) is 10.8. The molecular formula is C17H12F2N2O3. The Labute approximate surface area is 135 Å². The lowest BCUT2D eigenvalue weighted by Crippen LogP contribution is -2.10. The number of carbonyl (C=O) groups is 2. The molecule has 3 aromatic rings. The molecule has 2 heterocycles. The van der Waals surface area contributed by atoms with Gasteiger partial charge in [-0.25, -0.2) is 18.6 Å². The molecule has 1 aromatic carbocycles. The van der Waals surface area contributed by atoms with Crippen molar-refractivity contribution in [3.63, 3.8) is 0 Å². The van der Waals surface area contributed by atoms with Crippen molar-refractivity contribution in [3.05, 3.63) is 71.2 Å². The molecule has 122 valence electrons. The lowest BCUT2D eigenvalue weighted by molar-refractivity contribution is 0.0525. The van der Waals surface area contributed by atoms with Crippen molar-refractivity contribution in [2.75, 3.05) is 6.61 Å². The molecule has 0 aliphatic rings. The number of halogens is 2.